The van der Waals surface area contributed by atoms with Gasteiger partial charge in [-0.25, -0.2) is 9.67 Å². The van der Waals surface area contributed by atoms with Crippen molar-refractivity contribution in [2.75, 3.05) is 5.32 Å². The molecule has 3 rings (SSSR count). The molecule has 100 valence electrons. The molecule has 0 aliphatic heterocycles. The standard InChI is InChI=1S/C10H12N6O2S/c17-8(18)5-16-4-7(13-15-16)3-11-10-12-9(14-19-10)6-1-2-6/h4,6H,1-3,5H2,(H,17,18)(H,11,12,14). The minimum Gasteiger partial charge on any atom is -0.480 e. The lowest BCUT2D eigenvalue weighted by Gasteiger charge is -1.96. The Bertz CT molecular complexity index is 590. The van der Waals surface area contributed by atoms with Gasteiger partial charge in [-0.3, -0.25) is 4.79 Å². The zero-order valence-electron chi connectivity index (χ0n) is 9.98. The van der Waals surface area contributed by atoms with Crippen LogP contribution in [-0.4, -0.2) is 35.4 Å². The molecule has 19 heavy (non-hydrogen) atoms. The predicted molar refractivity (Wildman–Crippen MR) is 66.9 cm³/mol. The van der Waals surface area contributed by atoms with Crippen molar-refractivity contribution in [1.29, 1.82) is 0 Å². The Hall–Kier alpha value is -2.03. The van der Waals surface area contributed by atoms with Gasteiger partial charge in [0.25, 0.3) is 0 Å². The van der Waals surface area contributed by atoms with Crippen molar-refractivity contribution < 1.29 is 9.90 Å². The summed E-state index contributed by atoms with van der Waals surface area (Å²) in [6.45, 7) is 0.274. The second kappa shape index (κ2) is 4.92. The molecular weight excluding hydrogens is 268 g/mol. The van der Waals surface area contributed by atoms with Gasteiger partial charge in [-0.1, -0.05) is 5.21 Å². The number of hydrogen-bond donors (Lipinski definition) is 2. The number of hydrogen-bond acceptors (Lipinski definition) is 7. The number of carboxylic acid groups (broad SMARTS) is 1. The second-order valence-corrected chi connectivity index (χ2v) is 5.14. The zero-order chi connectivity index (χ0) is 13.2. The third-order valence-electron chi connectivity index (χ3n) is 2.69. The maximum absolute atomic E-state index is 10.5. The lowest BCUT2D eigenvalue weighted by molar-refractivity contribution is -0.137. The lowest BCUT2D eigenvalue weighted by Crippen LogP contribution is -2.09. The Morgan fingerprint density at radius 2 is 2.42 bits per heavy atom. The van der Waals surface area contributed by atoms with Crippen LogP contribution in [0.15, 0.2) is 6.20 Å². The molecule has 9 heteroatoms. The van der Waals surface area contributed by atoms with E-state index >= 15 is 0 Å². The van der Waals surface area contributed by atoms with Crippen LogP contribution in [-0.2, 0) is 17.9 Å². The predicted octanol–water partition coefficient (Wildman–Crippen LogP) is 0.704. The maximum Gasteiger partial charge on any atom is 0.325 e. The number of carbonyl (C=O) groups is 1. The van der Waals surface area contributed by atoms with Gasteiger partial charge in [0.05, 0.1) is 12.7 Å². The van der Waals surface area contributed by atoms with Gasteiger partial charge >= 0.3 is 5.97 Å². The molecule has 0 unspecified atom stereocenters. The summed E-state index contributed by atoms with van der Waals surface area (Å²) in [4.78, 5) is 14.9. The van der Waals surface area contributed by atoms with Crippen molar-refractivity contribution in [3.8, 4) is 0 Å². The molecule has 1 aliphatic rings. The molecule has 0 bridgehead atoms. The summed E-state index contributed by atoms with van der Waals surface area (Å²) in [5, 5.41) is 20.1. The topological polar surface area (TPSA) is 106 Å². The lowest BCUT2D eigenvalue weighted by atomic mass is 10.4. The number of rotatable bonds is 6. The normalized spacial score (nSPS) is 14.5. The summed E-state index contributed by atoms with van der Waals surface area (Å²) in [7, 11) is 0. The SMILES string of the molecule is O=C(O)Cn1cc(CNc2nc(C3CC3)ns2)nn1. The van der Waals surface area contributed by atoms with Crippen LogP contribution in [0, 0.1) is 0 Å². The fourth-order valence-electron chi connectivity index (χ4n) is 1.62. The van der Waals surface area contributed by atoms with Crippen LogP contribution in [0.3, 0.4) is 0 Å². The zero-order valence-corrected chi connectivity index (χ0v) is 10.8. The van der Waals surface area contributed by atoms with Crippen molar-refractivity contribution >= 4 is 22.6 Å². The van der Waals surface area contributed by atoms with E-state index in [1.165, 1.54) is 29.1 Å². The van der Waals surface area contributed by atoms with Crippen molar-refractivity contribution in [3.63, 3.8) is 0 Å². The van der Waals surface area contributed by atoms with E-state index in [0.717, 1.165) is 11.0 Å². The van der Waals surface area contributed by atoms with E-state index in [4.69, 9.17) is 5.11 Å². The molecule has 2 aromatic rings. The smallest absolute Gasteiger partial charge is 0.325 e. The monoisotopic (exact) mass is 280 g/mol. The molecule has 8 nitrogen and oxygen atoms in total. The number of aromatic nitrogens is 5. The van der Waals surface area contributed by atoms with Crippen molar-refractivity contribution in [1.82, 2.24) is 24.4 Å². The average Bonchev–Trinajstić information content (AvgIpc) is 2.95. The first-order valence-corrected chi connectivity index (χ1v) is 6.66. The molecule has 2 heterocycles. The van der Waals surface area contributed by atoms with Gasteiger partial charge in [-0.2, -0.15) is 4.37 Å². The maximum atomic E-state index is 10.5. The molecule has 0 spiro atoms. The van der Waals surface area contributed by atoms with Crippen molar-refractivity contribution in [3.05, 3.63) is 17.7 Å². The van der Waals surface area contributed by atoms with Crippen LogP contribution in [0.1, 0.15) is 30.3 Å². The van der Waals surface area contributed by atoms with Crippen LogP contribution < -0.4 is 5.32 Å². The number of nitrogens with one attached hydrogen (secondary N) is 1. The third kappa shape index (κ3) is 3.05. The van der Waals surface area contributed by atoms with Gasteiger partial charge < -0.3 is 10.4 Å². The number of anilines is 1. The average molecular weight is 280 g/mol. The van der Waals surface area contributed by atoms with Crippen LogP contribution >= 0.6 is 11.5 Å². The van der Waals surface area contributed by atoms with Crippen molar-refractivity contribution in [2.45, 2.75) is 31.8 Å². The molecule has 0 amide bonds. The molecule has 1 fully saturated rings. The Labute approximate surface area is 112 Å². The molecule has 1 aliphatic carbocycles. The molecular formula is C10H12N6O2S. The van der Waals surface area contributed by atoms with Gasteiger partial charge in [0.15, 0.2) is 0 Å². The van der Waals surface area contributed by atoms with E-state index in [9.17, 15) is 4.79 Å². The van der Waals surface area contributed by atoms with Crippen molar-refractivity contribution in [2.24, 2.45) is 0 Å². The van der Waals surface area contributed by atoms with Gasteiger partial charge in [0, 0.05) is 17.5 Å². The van der Waals surface area contributed by atoms with Crippen LogP contribution in [0.5, 0.6) is 0 Å². The summed E-state index contributed by atoms with van der Waals surface area (Å²) in [6.07, 6.45) is 3.96. The van der Waals surface area contributed by atoms with E-state index in [-0.39, 0.29) is 6.54 Å². The highest BCUT2D eigenvalue weighted by atomic mass is 32.1. The Morgan fingerprint density at radius 3 is 3.16 bits per heavy atom. The quantitative estimate of drug-likeness (QED) is 0.802. The molecule has 0 aromatic carbocycles. The summed E-state index contributed by atoms with van der Waals surface area (Å²) >= 11 is 1.33. The van der Waals surface area contributed by atoms with E-state index < -0.39 is 5.97 Å². The van der Waals surface area contributed by atoms with E-state index in [0.29, 0.717) is 18.2 Å². The summed E-state index contributed by atoms with van der Waals surface area (Å²) in [5.74, 6) is 0.521. The molecule has 1 saturated carbocycles. The van der Waals surface area contributed by atoms with E-state index in [1.807, 2.05) is 0 Å². The van der Waals surface area contributed by atoms with E-state index in [2.05, 4.69) is 25.0 Å². The summed E-state index contributed by atoms with van der Waals surface area (Å²) in [6, 6.07) is 0. The molecule has 2 aromatic heterocycles. The fraction of sp³-hybridized carbons (Fsp3) is 0.500. The Balaban J connectivity index is 1.55. The largest absolute Gasteiger partial charge is 0.480 e. The first-order valence-electron chi connectivity index (χ1n) is 5.89. The van der Waals surface area contributed by atoms with E-state index in [1.54, 1.807) is 6.20 Å². The summed E-state index contributed by atoms with van der Waals surface area (Å²) < 4.78 is 5.57. The van der Waals surface area contributed by atoms with Crippen LogP contribution in [0.2, 0.25) is 0 Å². The first-order chi connectivity index (χ1) is 9.20. The minimum absolute atomic E-state index is 0.183. The highest BCUT2D eigenvalue weighted by Gasteiger charge is 2.27. The fourth-order valence-corrected chi connectivity index (χ4v) is 2.26. The molecule has 0 atom stereocenters. The number of aliphatic carboxylic acids is 1. The third-order valence-corrected chi connectivity index (χ3v) is 3.38. The summed E-state index contributed by atoms with van der Waals surface area (Å²) in [5.41, 5.74) is 0.671. The van der Waals surface area contributed by atoms with Crippen LogP contribution in [0.4, 0.5) is 5.13 Å². The van der Waals surface area contributed by atoms with Gasteiger partial charge in [0.2, 0.25) is 5.13 Å². The first kappa shape index (κ1) is 12.0. The van der Waals surface area contributed by atoms with Gasteiger partial charge in [0.1, 0.15) is 18.1 Å². The number of nitrogens with zero attached hydrogens (tertiary/aromatic N) is 5. The molecule has 0 saturated heterocycles. The highest BCUT2D eigenvalue weighted by molar-refractivity contribution is 7.09. The molecule has 2 N–H and O–H groups in total. The van der Waals surface area contributed by atoms with Gasteiger partial charge in [-0.15, -0.1) is 5.10 Å². The highest BCUT2D eigenvalue weighted by Crippen LogP contribution is 2.39. The van der Waals surface area contributed by atoms with Crippen LogP contribution in [0.25, 0.3) is 0 Å². The minimum atomic E-state index is -0.942. The van der Waals surface area contributed by atoms with Gasteiger partial charge in [-0.05, 0) is 12.8 Å². The second-order valence-electron chi connectivity index (χ2n) is 4.39. The molecule has 0 radical (unpaired) electrons. The Kier molecular flexibility index (Phi) is 3.11. The Morgan fingerprint density at radius 1 is 1.58 bits per heavy atom. The number of carboxylic acids is 1.